The second-order valence-corrected chi connectivity index (χ2v) is 3.40. The average molecular weight is 253 g/mol. The Bertz CT molecular complexity index is 402. The highest BCUT2D eigenvalue weighted by atomic mass is 35.5. The summed E-state index contributed by atoms with van der Waals surface area (Å²) in [7, 11) is 0. The zero-order valence-electron chi connectivity index (χ0n) is 8.27. The van der Waals surface area contributed by atoms with E-state index in [2.05, 4.69) is 4.74 Å². The van der Waals surface area contributed by atoms with Crippen LogP contribution in [0.3, 0.4) is 0 Å². The molecular formula is C10H8ClF3O2. The van der Waals surface area contributed by atoms with Crippen LogP contribution in [-0.2, 0) is 0 Å². The molecule has 0 bridgehead atoms. The predicted molar refractivity (Wildman–Crippen MR) is 52.8 cm³/mol. The number of carbonyl (C=O) groups excluding carboxylic acids is 1. The van der Waals surface area contributed by atoms with Crippen molar-refractivity contribution in [3.63, 3.8) is 0 Å². The van der Waals surface area contributed by atoms with Crippen molar-refractivity contribution in [3.8, 4) is 5.75 Å². The van der Waals surface area contributed by atoms with E-state index in [1.165, 1.54) is 12.1 Å². The molecule has 6 heteroatoms. The molecule has 88 valence electrons. The Kier molecular flexibility index (Phi) is 3.80. The van der Waals surface area contributed by atoms with Crippen LogP contribution in [0.25, 0.3) is 0 Å². The highest BCUT2D eigenvalue weighted by Crippen LogP contribution is 2.29. The fourth-order valence-electron chi connectivity index (χ4n) is 1.13. The van der Waals surface area contributed by atoms with Crippen molar-refractivity contribution in [2.75, 3.05) is 0 Å². The Morgan fingerprint density at radius 2 is 2.06 bits per heavy atom. The molecule has 0 saturated carbocycles. The third-order valence-corrected chi connectivity index (χ3v) is 2.03. The molecule has 0 amide bonds. The number of hydrogen-bond donors (Lipinski definition) is 0. The Hall–Kier alpha value is -1.23. The Morgan fingerprint density at radius 3 is 2.56 bits per heavy atom. The van der Waals surface area contributed by atoms with Crippen LogP contribution in [0.15, 0.2) is 18.2 Å². The summed E-state index contributed by atoms with van der Waals surface area (Å²) in [6.07, 6.45) is -4.75. The van der Waals surface area contributed by atoms with Gasteiger partial charge >= 0.3 is 6.36 Å². The molecule has 0 saturated heterocycles. The number of benzene rings is 1. The molecule has 1 aromatic carbocycles. The predicted octanol–water partition coefficient (Wildman–Crippen LogP) is 3.83. The van der Waals surface area contributed by atoms with Crippen LogP contribution in [0.1, 0.15) is 23.7 Å². The first-order valence-corrected chi connectivity index (χ1v) is 4.79. The van der Waals surface area contributed by atoms with E-state index in [9.17, 15) is 18.0 Å². The number of alkyl halides is 3. The summed E-state index contributed by atoms with van der Waals surface area (Å²) in [5.74, 6) is -0.997. The van der Waals surface area contributed by atoms with Gasteiger partial charge in [-0.1, -0.05) is 18.5 Å². The van der Waals surface area contributed by atoms with Crippen molar-refractivity contribution >= 4 is 17.4 Å². The summed E-state index contributed by atoms with van der Waals surface area (Å²) in [5.41, 5.74) is -0.121. The van der Waals surface area contributed by atoms with Crippen LogP contribution in [0.5, 0.6) is 5.75 Å². The molecule has 16 heavy (non-hydrogen) atoms. The summed E-state index contributed by atoms with van der Waals surface area (Å²) >= 11 is 5.53. The van der Waals surface area contributed by atoms with Crippen LogP contribution in [0, 0.1) is 0 Å². The van der Waals surface area contributed by atoms with Gasteiger partial charge < -0.3 is 4.74 Å². The van der Waals surface area contributed by atoms with E-state index in [1.54, 1.807) is 6.92 Å². The van der Waals surface area contributed by atoms with E-state index in [4.69, 9.17) is 11.6 Å². The molecule has 0 fully saturated rings. The molecule has 0 aliphatic heterocycles. The first-order chi connectivity index (χ1) is 7.33. The summed E-state index contributed by atoms with van der Waals surface area (Å²) in [5, 5.41) is 0.0758. The lowest BCUT2D eigenvalue weighted by molar-refractivity contribution is -0.274. The van der Waals surface area contributed by atoms with Gasteiger partial charge in [0.25, 0.3) is 0 Å². The van der Waals surface area contributed by atoms with Crippen LogP contribution in [0.2, 0.25) is 5.02 Å². The van der Waals surface area contributed by atoms with E-state index >= 15 is 0 Å². The number of halogens is 4. The van der Waals surface area contributed by atoms with E-state index in [-0.39, 0.29) is 17.0 Å². The molecule has 0 spiro atoms. The average Bonchev–Trinajstić information content (AvgIpc) is 2.14. The van der Waals surface area contributed by atoms with Crippen molar-refractivity contribution in [1.29, 1.82) is 0 Å². The summed E-state index contributed by atoms with van der Waals surface area (Å²) in [6.45, 7) is 1.55. The molecule has 0 unspecified atom stereocenters. The van der Waals surface area contributed by atoms with Crippen molar-refractivity contribution in [1.82, 2.24) is 0 Å². The minimum absolute atomic E-state index is 0.0758. The smallest absolute Gasteiger partial charge is 0.405 e. The SMILES string of the molecule is CCC(=O)c1ccc(Cl)cc1OC(F)(F)F. The molecular weight excluding hydrogens is 245 g/mol. The van der Waals surface area contributed by atoms with Crippen LogP contribution < -0.4 is 4.74 Å². The summed E-state index contributed by atoms with van der Waals surface area (Å²) < 4.78 is 39.9. The maximum atomic E-state index is 12.0. The summed E-state index contributed by atoms with van der Waals surface area (Å²) in [4.78, 5) is 11.3. The normalized spacial score (nSPS) is 11.3. The monoisotopic (exact) mass is 252 g/mol. The number of hydrogen-bond acceptors (Lipinski definition) is 2. The molecule has 0 N–H and O–H groups in total. The Labute approximate surface area is 95.0 Å². The van der Waals surface area contributed by atoms with Crippen molar-refractivity contribution in [2.45, 2.75) is 19.7 Å². The van der Waals surface area contributed by atoms with E-state index in [0.717, 1.165) is 6.07 Å². The second kappa shape index (κ2) is 4.74. The highest BCUT2D eigenvalue weighted by molar-refractivity contribution is 6.30. The van der Waals surface area contributed by atoms with Gasteiger partial charge in [-0.15, -0.1) is 13.2 Å². The molecule has 0 atom stereocenters. The molecule has 1 rings (SSSR count). The number of ketones is 1. The second-order valence-electron chi connectivity index (χ2n) is 2.97. The van der Waals surface area contributed by atoms with Gasteiger partial charge in [-0.05, 0) is 18.2 Å². The maximum absolute atomic E-state index is 12.0. The first-order valence-electron chi connectivity index (χ1n) is 4.42. The van der Waals surface area contributed by atoms with E-state index < -0.39 is 17.9 Å². The zero-order valence-corrected chi connectivity index (χ0v) is 9.02. The minimum atomic E-state index is -4.84. The zero-order chi connectivity index (χ0) is 12.3. The molecule has 1 aromatic rings. The van der Waals surface area contributed by atoms with Crippen molar-refractivity contribution in [2.24, 2.45) is 0 Å². The third-order valence-electron chi connectivity index (χ3n) is 1.79. The molecule has 0 aliphatic rings. The number of Topliss-reactive ketones (excluding diaryl/α,β-unsaturated/α-hetero) is 1. The van der Waals surface area contributed by atoms with Gasteiger partial charge in [-0.3, -0.25) is 4.79 Å². The van der Waals surface area contributed by atoms with Gasteiger partial charge in [-0.2, -0.15) is 0 Å². The van der Waals surface area contributed by atoms with Crippen molar-refractivity contribution < 1.29 is 22.7 Å². The standard InChI is InChI=1S/C10H8ClF3O2/c1-2-8(15)7-4-3-6(11)5-9(7)16-10(12,13)14/h3-5H,2H2,1H3. The van der Waals surface area contributed by atoms with E-state index in [0.29, 0.717) is 0 Å². The van der Waals surface area contributed by atoms with Gasteiger partial charge in [0.15, 0.2) is 5.78 Å². The molecule has 2 nitrogen and oxygen atoms in total. The molecule has 0 heterocycles. The van der Waals surface area contributed by atoms with Gasteiger partial charge in [0.2, 0.25) is 0 Å². The third kappa shape index (κ3) is 3.41. The lowest BCUT2D eigenvalue weighted by Crippen LogP contribution is -2.19. The molecule has 0 radical (unpaired) electrons. The van der Waals surface area contributed by atoms with Crippen LogP contribution in [-0.4, -0.2) is 12.1 Å². The maximum Gasteiger partial charge on any atom is 0.573 e. The fourth-order valence-corrected chi connectivity index (χ4v) is 1.29. The lowest BCUT2D eigenvalue weighted by Gasteiger charge is -2.12. The topological polar surface area (TPSA) is 26.3 Å². The number of rotatable bonds is 3. The first kappa shape index (κ1) is 12.8. The fraction of sp³-hybridized carbons (Fsp3) is 0.300. The number of ether oxygens (including phenoxy) is 1. The van der Waals surface area contributed by atoms with Gasteiger partial charge in [0.05, 0.1) is 5.56 Å². The van der Waals surface area contributed by atoms with Crippen molar-refractivity contribution in [3.05, 3.63) is 28.8 Å². The number of carbonyl (C=O) groups is 1. The van der Waals surface area contributed by atoms with Crippen LogP contribution in [0.4, 0.5) is 13.2 Å². The Morgan fingerprint density at radius 1 is 1.44 bits per heavy atom. The molecule has 0 aromatic heterocycles. The Balaban J connectivity index is 3.13. The molecule has 0 aliphatic carbocycles. The highest BCUT2D eigenvalue weighted by Gasteiger charge is 2.32. The lowest BCUT2D eigenvalue weighted by atomic mass is 10.1. The van der Waals surface area contributed by atoms with Gasteiger partial charge in [-0.25, -0.2) is 0 Å². The van der Waals surface area contributed by atoms with Gasteiger partial charge in [0.1, 0.15) is 5.75 Å². The van der Waals surface area contributed by atoms with Crippen LogP contribution >= 0.6 is 11.6 Å². The largest absolute Gasteiger partial charge is 0.573 e. The van der Waals surface area contributed by atoms with Gasteiger partial charge in [0, 0.05) is 11.4 Å². The minimum Gasteiger partial charge on any atom is -0.405 e. The quantitative estimate of drug-likeness (QED) is 0.764. The van der Waals surface area contributed by atoms with E-state index in [1.807, 2.05) is 0 Å². The summed E-state index contributed by atoms with van der Waals surface area (Å²) in [6, 6.07) is 3.53.